The molecule has 0 aliphatic rings. The van der Waals surface area contributed by atoms with E-state index >= 15 is 0 Å². The molecule has 0 saturated carbocycles. The van der Waals surface area contributed by atoms with E-state index < -0.39 is 17.6 Å². The van der Waals surface area contributed by atoms with Gasteiger partial charge in [-0.05, 0) is 24.6 Å². The van der Waals surface area contributed by atoms with Gasteiger partial charge in [0.05, 0.1) is 5.56 Å². The van der Waals surface area contributed by atoms with Crippen LogP contribution in [0.4, 0.5) is 29.1 Å². The number of aromatic nitrogens is 2. The van der Waals surface area contributed by atoms with Crippen LogP contribution >= 0.6 is 11.6 Å². The Morgan fingerprint density at radius 2 is 1.95 bits per heavy atom. The van der Waals surface area contributed by atoms with Gasteiger partial charge in [-0.3, -0.25) is 0 Å². The first-order valence-electron chi connectivity index (χ1n) is 5.96. The van der Waals surface area contributed by atoms with Gasteiger partial charge >= 0.3 is 6.18 Å². The Bertz CT molecular complexity index is 658. The number of benzene rings is 1. The topological polar surface area (TPSA) is 37.8 Å². The first-order valence-corrected chi connectivity index (χ1v) is 6.34. The second-order valence-electron chi connectivity index (χ2n) is 4.16. The Morgan fingerprint density at radius 1 is 1.24 bits per heavy atom. The van der Waals surface area contributed by atoms with E-state index in [-0.39, 0.29) is 16.7 Å². The Kier molecular flexibility index (Phi) is 4.32. The molecule has 0 radical (unpaired) electrons. The van der Waals surface area contributed by atoms with E-state index in [1.807, 2.05) is 6.92 Å². The maximum Gasteiger partial charge on any atom is 0.419 e. The number of anilines is 2. The molecular formula is C13H10ClF4N3. The largest absolute Gasteiger partial charge is 0.419 e. The number of hydrogen-bond donors (Lipinski definition) is 1. The molecule has 2 rings (SSSR count). The van der Waals surface area contributed by atoms with E-state index in [9.17, 15) is 17.6 Å². The summed E-state index contributed by atoms with van der Waals surface area (Å²) in [5.41, 5.74) is -0.712. The SMILES string of the molecule is CCc1c(Cl)ncnc1Nc1ccc(F)c(C(F)(F)F)c1. The van der Waals surface area contributed by atoms with Gasteiger partial charge in [0, 0.05) is 11.3 Å². The summed E-state index contributed by atoms with van der Waals surface area (Å²) in [7, 11) is 0. The molecule has 1 N–H and O–H groups in total. The lowest BCUT2D eigenvalue weighted by atomic mass is 10.1. The van der Waals surface area contributed by atoms with Crippen LogP contribution in [-0.2, 0) is 12.6 Å². The smallest absolute Gasteiger partial charge is 0.340 e. The average molecular weight is 320 g/mol. The van der Waals surface area contributed by atoms with Crippen molar-refractivity contribution in [3.63, 3.8) is 0 Å². The third-order valence-electron chi connectivity index (χ3n) is 2.78. The van der Waals surface area contributed by atoms with E-state index in [2.05, 4.69) is 15.3 Å². The minimum absolute atomic E-state index is 0.0631. The molecule has 0 unspecified atom stereocenters. The van der Waals surface area contributed by atoms with Crippen LogP contribution in [0.3, 0.4) is 0 Å². The Balaban J connectivity index is 2.39. The summed E-state index contributed by atoms with van der Waals surface area (Å²) in [5.74, 6) is -1.04. The highest BCUT2D eigenvalue weighted by Gasteiger charge is 2.34. The zero-order chi connectivity index (χ0) is 15.6. The van der Waals surface area contributed by atoms with Gasteiger partial charge in [0.25, 0.3) is 0 Å². The molecule has 1 heterocycles. The molecule has 0 atom stereocenters. The Labute approximate surface area is 123 Å². The summed E-state index contributed by atoms with van der Waals surface area (Å²) >= 11 is 5.89. The lowest BCUT2D eigenvalue weighted by Crippen LogP contribution is -2.09. The molecule has 0 amide bonds. The van der Waals surface area contributed by atoms with Crippen molar-refractivity contribution in [3.8, 4) is 0 Å². The van der Waals surface area contributed by atoms with Crippen LogP contribution in [0, 0.1) is 5.82 Å². The van der Waals surface area contributed by atoms with Crippen molar-refractivity contribution in [2.24, 2.45) is 0 Å². The number of alkyl halides is 3. The predicted octanol–water partition coefficient (Wildman–Crippen LogP) is 4.59. The molecule has 0 bridgehead atoms. The molecule has 2 aromatic rings. The number of nitrogens with zero attached hydrogens (tertiary/aromatic N) is 2. The number of nitrogens with one attached hydrogen (secondary N) is 1. The van der Waals surface area contributed by atoms with E-state index in [1.165, 1.54) is 12.4 Å². The minimum Gasteiger partial charge on any atom is -0.340 e. The molecule has 0 saturated heterocycles. The lowest BCUT2D eigenvalue weighted by Gasteiger charge is -2.13. The maximum absolute atomic E-state index is 13.2. The van der Waals surface area contributed by atoms with E-state index in [0.29, 0.717) is 18.1 Å². The summed E-state index contributed by atoms with van der Waals surface area (Å²) in [6.45, 7) is 1.81. The van der Waals surface area contributed by atoms with Gasteiger partial charge in [-0.15, -0.1) is 0 Å². The average Bonchev–Trinajstić information content (AvgIpc) is 2.40. The molecular weight excluding hydrogens is 310 g/mol. The predicted molar refractivity (Wildman–Crippen MR) is 71.1 cm³/mol. The quantitative estimate of drug-likeness (QED) is 0.664. The zero-order valence-corrected chi connectivity index (χ0v) is 11.6. The minimum atomic E-state index is -4.77. The van der Waals surface area contributed by atoms with E-state index in [1.54, 1.807) is 0 Å². The van der Waals surface area contributed by atoms with Crippen LogP contribution in [0.25, 0.3) is 0 Å². The van der Waals surface area contributed by atoms with Crippen LogP contribution in [0.2, 0.25) is 5.15 Å². The van der Waals surface area contributed by atoms with Crippen molar-refractivity contribution in [1.82, 2.24) is 9.97 Å². The number of hydrogen-bond acceptors (Lipinski definition) is 3. The van der Waals surface area contributed by atoms with Gasteiger partial charge < -0.3 is 5.32 Å². The molecule has 0 aliphatic heterocycles. The van der Waals surface area contributed by atoms with Gasteiger partial charge in [-0.25, -0.2) is 14.4 Å². The summed E-state index contributed by atoms with van der Waals surface area (Å²) in [6.07, 6.45) is -3.08. The van der Waals surface area contributed by atoms with Gasteiger partial charge in [0.15, 0.2) is 0 Å². The van der Waals surface area contributed by atoms with Crippen molar-refractivity contribution in [2.75, 3.05) is 5.32 Å². The van der Waals surface area contributed by atoms with Crippen molar-refractivity contribution < 1.29 is 17.6 Å². The second-order valence-corrected chi connectivity index (χ2v) is 4.52. The van der Waals surface area contributed by atoms with Crippen molar-refractivity contribution in [3.05, 3.63) is 46.6 Å². The monoisotopic (exact) mass is 319 g/mol. The summed E-state index contributed by atoms with van der Waals surface area (Å²) in [5, 5.41) is 2.92. The highest BCUT2D eigenvalue weighted by Crippen LogP contribution is 2.34. The van der Waals surface area contributed by atoms with Gasteiger partial charge in [0.2, 0.25) is 0 Å². The standard InChI is InChI=1S/C13H10ClF4N3/c1-2-8-11(14)19-6-20-12(8)21-7-3-4-10(15)9(5-7)13(16,17)18/h3-6H,2H2,1H3,(H,19,20,21). The van der Waals surface area contributed by atoms with Crippen molar-refractivity contribution in [2.45, 2.75) is 19.5 Å². The van der Waals surface area contributed by atoms with Crippen LogP contribution in [0.5, 0.6) is 0 Å². The maximum atomic E-state index is 13.2. The third kappa shape index (κ3) is 3.41. The molecule has 112 valence electrons. The van der Waals surface area contributed by atoms with Crippen molar-refractivity contribution >= 4 is 23.1 Å². The fourth-order valence-corrected chi connectivity index (χ4v) is 2.04. The van der Waals surface area contributed by atoms with Gasteiger partial charge in [-0.2, -0.15) is 13.2 Å². The molecule has 0 fully saturated rings. The highest BCUT2D eigenvalue weighted by molar-refractivity contribution is 6.30. The molecule has 3 nitrogen and oxygen atoms in total. The third-order valence-corrected chi connectivity index (χ3v) is 3.11. The first kappa shape index (κ1) is 15.5. The summed E-state index contributed by atoms with van der Waals surface area (Å²) in [4.78, 5) is 7.74. The normalized spacial score (nSPS) is 11.5. The molecule has 21 heavy (non-hydrogen) atoms. The summed E-state index contributed by atoms with van der Waals surface area (Å²) in [6, 6.07) is 2.63. The Hall–Kier alpha value is -1.89. The van der Waals surface area contributed by atoms with Crippen LogP contribution in [-0.4, -0.2) is 9.97 Å². The second kappa shape index (κ2) is 5.85. The van der Waals surface area contributed by atoms with Crippen LogP contribution in [0.1, 0.15) is 18.1 Å². The molecule has 1 aromatic heterocycles. The summed E-state index contributed by atoms with van der Waals surface area (Å²) < 4.78 is 51.2. The zero-order valence-electron chi connectivity index (χ0n) is 10.8. The first-order chi connectivity index (χ1) is 9.82. The molecule has 0 aliphatic carbocycles. The Morgan fingerprint density at radius 3 is 2.57 bits per heavy atom. The van der Waals surface area contributed by atoms with Gasteiger partial charge in [-0.1, -0.05) is 18.5 Å². The fourth-order valence-electron chi connectivity index (χ4n) is 1.77. The van der Waals surface area contributed by atoms with Gasteiger partial charge in [0.1, 0.15) is 23.1 Å². The molecule has 1 aromatic carbocycles. The van der Waals surface area contributed by atoms with Crippen molar-refractivity contribution in [1.29, 1.82) is 0 Å². The molecule has 8 heteroatoms. The van der Waals surface area contributed by atoms with Crippen LogP contribution < -0.4 is 5.32 Å². The highest BCUT2D eigenvalue weighted by atomic mass is 35.5. The van der Waals surface area contributed by atoms with E-state index in [4.69, 9.17) is 11.6 Å². The lowest BCUT2D eigenvalue weighted by molar-refractivity contribution is -0.139. The fraction of sp³-hybridized carbons (Fsp3) is 0.231. The number of rotatable bonds is 3. The number of halogens is 5. The molecule has 0 spiro atoms. The van der Waals surface area contributed by atoms with E-state index in [0.717, 1.165) is 6.07 Å². The van der Waals surface area contributed by atoms with Crippen LogP contribution in [0.15, 0.2) is 24.5 Å².